The molecular weight excluding hydrogens is 554 g/mol. The Morgan fingerprint density at radius 2 is 1.49 bits per heavy atom. The van der Waals surface area contributed by atoms with Crippen LogP contribution in [-0.4, -0.2) is 66.5 Å². The zero-order valence-electron chi connectivity index (χ0n) is 26.2. The van der Waals surface area contributed by atoms with Crippen LogP contribution >= 0.6 is 0 Å². The molecule has 0 spiro atoms. The van der Waals surface area contributed by atoms with E-state index in [0.29, 0.717) is 28.9 Å². The summed E-state index contributed by atoms with van der Waals surface area (Å²) < 4.78 is 21.6. The summed E-state index contributed by atoms with van der Waals surface area (Å²) in [6.07, 6.45) is 1.24. The fourth-order valence-electron chi connectivity index (χ4n) is 3.34. The first-order valence-electron chi connectivity index (χ1n) is 14.1. The highest BCUT2D eigenvalue weighted by Crippen LogP contribution is 2.16. The molecule has 2 N–H and O–H groups in total. The number of hydrogen-bond acceptors (Lipinski definition) is 9. The maximum absolute atomic E-state index is 13.4. The first-order valence-corrected chi connectivity index (χ1v) is 14.1. The van der Waals surface area contributed by atoms with Crippen molar-refractivity contribution in [2.24, 2.45) is 5.10 Å². The Morgan fingerprint density at radius 3 is 2.05 bits per heavy atom. The van der Waals surface area contributed by atoms with Gasteiger partial charge in [0.1, 0.15) is 17.4 Å². The first-order chi connectivity index (χ1) is 20.1. The van der Waals surface area contributed by atoms with E-state index in [9.17, 15) is 19.2 Å². The maximum Gasteiger partial charge on any atom is 0.428 e. The molecule has 43 heavy (non-hydrogen) atoms. The van der Waals surface area contributed by atoms with Crippen LogP contribution in [-0.2, 0) is 19.0 Å². The lowest BCUT2D eigenvalue weighted by Crippen LogP contribution is -2.45. The highest BCUT2D eigenvalue weighted by Gasteiger charge is 2.25. The van der Waals surface area contributed by atoms with Gasteiger partial charge in [-0.15, -0.1) is 0 Å². The molecule has 2 aromatic carbocycles. The van der Waals surface area contributed by atoms with Crippen molar-refractivity contribution >= 4 is 30.0 Å². The summed E-state index contributed by atoms with van der Waals surface area (Å²) in [5.41, 5.74) is 2.38. The molecule has 0 aliphatic heterocycles. The normalized spacial score (nSPS) is 13.1. The number of rotatable bonds is 13. The van der Waals surface area contributed by atoms with Gasteiger partial charge in [0.25, 0.3) is 5.91 Å². The van der Waals surface area contributed by atoms with Gasteiger partial charge in [0, 0.05) is 11.1 Å². The summed E-state index contributed by atoms with van der Waals surface area (Å²) in [5, 5.41) is 6.62. The van der Waals surface area contributed by atoms with E-state index in [-0.39, 0.29) is 25.1 Å². The highest BCUT2D eigenvalue weighted by molar-refractivity contribution is 6.04. The van der Waals surface area contributed by atoms with E-state index in [1.807, 2.05) is 27.7 Å². The molecule has 2 aromatic rings. The van der Waals surface area contributed by atoms with Gasteiger partial charge in [-0.05, 0) is 96.8 Å². The molecule has 234 valence electrons. The molecule has 0 saturated carbocycles. The van der Waals surface area contributed by atoms with Gasteiger partial charge in [0.15, 0.2) is 12.4 Å². The third-order valence-corrected chi connectivity index (χ3v) is 5.65. The minimum atomic E-state index is -0.969. The van der Waals surface area contributed by atoms with Crippen LogP contribution in [0, 0.1) is 0 Å². The van der Waals surface area contributed by atoms with Crippen LogP contribution < -0.4 is 15.5 Å². The number of ketones is 1. The van der Waals surface area contributed by atoms with Crippen molar-refractivity contribution in [1.29, 1.82) is 0 Å². The first kappa shape index (κ1) is 34.9. The molecule has 11 nitrogen and oxygen atoms in total. The van der Waals surface area contributed by atoms with Crippen molar-refractivity contribution in [3.8, 4) is 5.75 Å². The second kappa shape index (κ2) is 15.8. The summed E-state index contributed by atoms with van der Waals surface area (Å²) in [7, 11) is 0. The highest BCUT2D eigenvalue weighted by atomic mass is 16.6. The average Bonchev–Trinajstić information content (AvgIpc) is 2.92. The molecule has 0 heterocycles. The topological polar surface area (TPSA) is 142 Å². The molecule has 2 rings (SSSR count). The van der Waals surface area contributed by atoms with Crippen LogP contribution in [0.4, 0.5) is 4.79 Å². The standard InChI is InChI=1S/C32H43N3O8/c1-9-21(2)42-27(36)20-40-25-16-14-23(15-17-25)28(37)26(19-41-31(3,4)5)34-29(38)24-12-10-22(11-13-24)18-33-35-30(39)43-32(6,7)8/h10-18,21,26H,9,19-20H2,1-8H3,(H,34,38)(H,35,39)/t21-,26-/m0/s1. The van der Waals surface area contributed by atoms with Crippen LogP contribution in [0.1, 0.15) is 88.1 Å². The molecular formula is C32H43N3O8. The second-order valence-corrected chi connectivity index (χ2v) is 11.8. The van der Waals surface area contributed by atoms with E-state index in [1.54, 1.807) is 76.2 Å². The molecule has 0 saturated heterocycles. The molecule has 11 heteroatoms. The lowest BCUT2D eigenvalue weighted by Gasteiger charge is -2.24. The number of amides is 2. The van der Waals surface area contributed by atoms with Crippen molar-refractivity contribution in [3.63, 3.8) is 0 Å². The Hall–Kier alpha value is -4.25. The Morgan fingerprint density at radius 1 is 0.884 bits per heavy atom. The molecule has 0 unspecified atom stereocenters. The summed E-state index contributed by atoms with van der Waals surface area (Å²) >= 11 is 0. The van der Waals surface area contributed by atoms with Crippen LogP contribution in [0.3, 0.4) is 0 Å². The predicted molar refractivity (Wildman–Crippen MR) is 162 cm³/mol. The lowest BCUT2D eigenvalue weighted by molar-refractivity contribution is -0.150. The molecule has 0 aliphatic rings. The molecule has 2 atom stereocenters. The summed E-state index contributed by atoms with van der Waals surface area (Å²) in [6.45, 7) is 14.2. The van der Waals surface area contributed by atoms with Crippen LogP contribution in [0.2, 0.25) is 0 Å². The number of hydrogen-bond donors (Lipinski definition) is 2. The number of nitrogens with one attached hydrogen (secondary N) is 2. The smallest absolute Gasteiger partial charge is 0.428 e. The lowest BCUT2D eigenvalue weighted by atomic mass is 10.0. The van der Waals surface area contributed by atoms with Gasteiger partial charge in [0.05, 0.1) is 24.5 Å². The monoisotopic (exact) mass is 597 g/mol. The van der Waals surface area contributed by atoms with Gasteiger partial charge in [-0.3, -0.25) is 9.59 Å². The van der Waals surface area contributed by atoms with Gasteiger partial charge in [-0.1, -0.05) is 19.1 Å². The molecule has 0 bridgehead atoms. The number of esters is 1. The molecule has 0 aliphatic carbocycles. The number of carbonyl (C=O) groups excluding carboxylic acids is 4. The van der Waals surface area contributed by atoms with Crippen molar-refractivity contribution in [2.75, 3.05) is 13.2 Å². The van der Waals surface area contributed by atoms with Crippen molar-refractivity contribution in [3.05, 3.63) is 65.2 Å². The van der Waals surface area contributed by atoms with E-state index < -0.39 is 35.2 Å². The van der Waals surface area contributed by atoms with E-state index in [4.69, 9.17) is 18.9 Å². The zero-order chi connectivity index (χ0) is 32.2. The summed E-state index contributed by atoms with van der Waals surface area (Å²) in [4.78, 5) is 50.1. The maximum atomic E-state index is 13.4. The third kappa shape index (κ3) is 13.5. The van der Waals surface area contributed by atoms with Crippen LogP contribution in [0.5, 0.6) is 5.75 Å². The number of carbonyl (C=O) groups is 4. The van der Waals surface area contributed by atoms with Crippen LogP contribution in [0.25, 0.3) is 0 Å². The van der Waals surface area contributed by atoms with Crippen LogP contribution in [0.15, 0.2) is 53.6 Å². The van der Waals surface area contributed by atoms with Crippen molar-refractivity contribution in [1.82, 2.24) is 10.7 Å². The fourth-order valence-corrected chi connectivity index (χ4v) is 3.34. The van der Waals surface area contributed by atoms with Gasteiger partial charge < -0.3 is 24.3 Å². The largest absolute Gasteiger partial charge is 0.482 e. The second-order valence-electron chi connectivity index (χ2n) is 11.8. The third-order valence-electron chi connectivity index (χ3n) is 5.65. The van der Waals surface area contributed by atoms with E-state index >= 15 is 0 Å². The zero-order valence-corrected chi connectivity index (χ0v) is 26.2. The SMILES string of the molecule is CC[C@H](C)OC(=O)COc1ccc(C(=O)[C@H](COC(C)(C)C)NC(=O)c2ccc(C=NNC(=O)OC(C)(C)C)cc2)cc1. The number of benzene rings is 2. The minimum absolute atomic E-state index is 0.0468. The van der Waals surface area contributed by atoms with Gasteiger partial charge >= 0.3 is 12.1 Å². The number of nitrogens with zero attached hydrogens (tertiary/aromatic N) is 1. The van der Waals surface area contributed by atoms with Gasteiger partial charge in [0.2, 0.25) is 0 Å². The Balaban J connectivity index is 2.06. The Kier molecular flexibility index (Phi) is 12.9. The van der Waals surface area contributed by atoms with Crippen molar-refractivity contribution < 1.29 is 38.1 Å². The number of ether oxygens (including phenoxy) is 4. The number of Topliss-reactive ketones (excluding diaryl/α,β-unsaturated/α-hetero) is 1. The Bertz CT molecular complexity index is 1260. The molecule has 0 fully saturated rings. The van der Waals surface area contributed by atoms with Gasteiger partial charge in [-0.25, -0.2) is 15.0 Å². The average molecular weight is 598 g/mol. The van der Waals surface area contributed by atoms with E-state index in [0.717, 1.165) is 0 Å². The van der Waals surface area contributed by atoms with E-state index in [2.05, 4.69) is 15.8 Å². The molecule has 0 aromatic heterocycles. The predicted octanol–water partition coefficient (Wildman–Crippen LogP) is 5.06. The molecule has 0 radical (unpaired) electrons. The number of hydrazone groups is 1. The van der Waals surface area contributed by atoms with Crippen molar-refractivity contribution in [2.45, 2.75) is 85.2 Å². The molecule has 2 amide bonds. The summed E-state index contributed by atoms with van der Waals surface area (Å²) in [6, 6.07) is 11.8. The summed E-state index contributed by atoms with van der Waals surface area (Å²) in [5.74, 6) is -0.896. The van der Waals surface area contributed by atoms with Gasteiger partial charge in [-0.2, -0.15) is 5.10 Å². The minimum Gasteiger partial charge on any atom is -0.482 e. The Labute approximate surface area is 253 Å². The fraction of sp³-hybridized carbons (Fsp3) is 0.469. The van der Waals surface area contributed by atoms with E-state index in [1.165, 1.54) is 6.21 Å². The quantitative estimate of drug-likeness (QED) is 0.141.